The summed E-state index contributed by atoms with van der Waals surface area (Å²) in [5.74, 6) is -1.44. The molecule has 6 heteroatoms. The van der Waals surface area contributed by atoms with Gasteiger partial charge in [0.2, 0.25) is 5.91 Å². The molecular formula is C19H22N4O2. The topological polar surface area (TPSA) is 121 Å². The Bertz CT molecular complexity index is 759. The van der Waals surface area contributed by atoms with E-state index in [1.54, 1.807) is 6.08 Å². The molecule has 0 aromatic heterocycles. The maximum Gasteiger partial charge on any atom is 0.245 e. The third kappa shape index (κ3) is 2.82. The number of aliphatic hydroxyl groups is 1. The molecular weight excluding hydrogens is 316 g/mol. The molecule has 2 aliphatic rings. The summed E-state index contributed by atoms with van der Waals surface area (Å²) in [4.78, 5) is 12.4. The first kappa shape index (κ1) is 18.7. The molecule has 3 unspecified atom stereocenters. The maximum atomic E-state index is 12.4. The highest BCUT2D eigenvalue weighted by Crippen LogP contribution is 2.59. The average molecular weight is 338 g/mol. The van der Waals surface area contributed by atoms with E-state index in [4.69, 9.17) is 0 Å². The van der Waals surface area contributed by atoms with Crippen molar-refractivity contribution >= 4 is 5.91 Å². The Balaban J connectivity index is 2.46. The quantitative estimate of drug-likeness (QED) is 0.763. The van der Waals surface area contributed by atoms with Gasteiger partial charge < -0.3 is 10.4 Å². The van der Waals surface area contributed by atoms with Crippen LogP contribution in [-0.2, 0) is 4.79 Å². The van der Waals surface area contributed by atoms with E-state index in [1.807, 2.05) is 39.0 Å². The smallest absolute Gasteiger partial charge is 0.245 e. The average Bonchev–Trinajstić information content (AvgIpc) is 2.76. The second-order valence-electron chi connectivity index (χ2n) is 7.36. The van der Waals surface area contributed by atoms with E-state index in [0.29, 0.717) is 0 Å². The van der Waals surface area contributed by atoms with Gasteiger partial charge in [-0.1, -0.05) is 23.3 Å². The van der Waals surface area contributed by atoms with Crippen molar-refractivity contribution in [1.29, 1.82) is 15.8 Å². The largest absolute Gasteiger partial charge is 0.371 e. The number of hydrogen-bond donors (Lipinski definition) is 2. The molecule has 2 rings (SSSR count). The molecule has 1 heterocycles. The van der Waals surface area contributed by atoms with Crippen LogP contribution in [0, 0.1) is 50.7 Å². The van der Waals surface area contributed by atoms with E-state index in [2.05, 4.69) is 11.4 Å². The molecule has 25 heavy (non-hydrogen) atoms. The summed E-state index contributed by atoms with van der Waals surface area (Å²) in [5.41, 5.74) is -3.05. The van der Waals surface area contributed by atoms with E-state index in [9.17, 15) is 25.7 Å². The summed E-state index contributed by atoms with van der Waals surface area (Å²) in [6.45, 7) is 5.92. The van der Waals surface area contributed by atoms with Crippen molar-refractivity contribution < 1.29 is 9.90 Å². The van der Waals surface area contributed by atoms with Crippen molar-refractivity contribution in [3.63, 3.8) is 0 Å². The highest BCUT2D eigenvalue weighted by Gasteiger charge is 2.73. The highest BCUT2D eigenvalue weighted by molar-refractivity contribution is 5.91. The number of nitrogens with zero attached hydrogens (tertiary/aromatic N) is 3. The molecule has 1 aliphatic carbocycles. The molecule has 6 nitrogen and oxygen atoms in total. The van der Waals surface area contributed by atoms with Gasteiger partial charge in [-0.2, -0.15) is 15.8 Å². The lowest BCUT2D eigenvalue weighted by atomic mass is 9.52. The van der Waals surface area contributed by atoms with Crippen molar-refractivity contribution in [3.8, 4) is 18.2 Å². The third-order valence-electron chi connectivity index (χ3n) is 5.20. The molecule has 130 valence electrons. The lowest BCUT2D eigenvalue weighted by Crippen LogP contribution is -2.52. The van der Waals surface area contributed by atoms with Crippen molar-refractivity contribution in [2.24, 2.45) is 16.7 Å². The first-order valence-electron chi connectivity index (χ1n) is 8.28. The molecule has 0 aromatic rings. The van der Waals surface area contributed by atoms with Gasteiger partial charge in [-0.25, -0.2) is 0 Å². The van der Waals surface area contributed by atoms with Gasteiger partial charge >= 0.3 is 0 Å². The van der Waals surface area contributed by atoms with E-state index in [-0.39, 0.29) is 12.8 Å². The number of nitrogens with one attached hydrogen (secondary N) is 1. The van der Waals surface area contributed by atoms with Crippen molar-refractivity contribution in [3.05, 3.63) is 23.3 Å². The van der Waals surface area contributed by atoms with Crippen LogP contribution in [0.15, 0.2) is 23.3 Å². The summed E-state index contributed by atoms with van der Waals surface area (Å²) in [5, 5.41) is 42.2. The number of amides is 1. The van der Waals surface area contributed by atoms with Gasteiger partial charge in [-0.05, 0) is 33.6 Å². The zero-order valence-corrected chi connectivity index (χ0v) is 14.8. The number of hydrogen-bond acceptors (Lipinski definition) is 5. The van der Waals surface area contributed by atoms with Crippen LogP contribution in [0.4, 0.5) is 0 Å². The second kappa shape index (κ2) is 6.36. The van der Waals surface area contributed by atoms with Gasteiger partial charge in [0.25, 0.3) is 0 Å². The minimum absolute atomic E-state index is 0.0449. The molecule has 0 radical (unpaired) electrons. The Morgan fingerprint density at radius 1 is 1.28 bits per heavy atom. The predicted octanol–water partition coefficient (Wildman–Crippen LogP) is 2.45. The lowest BCUT2D eigenvalue weighted by molar-refractivity contribution is -0.128. The van der Waals surface area contributed by atoms with Crippen LogP contribution >= 0.6 is 0 Å². The Morgan fingerprint density at radius 3 is 2.44 bits per heavy atom. The summed E-state index contributed by atoms with van der Waals surface area (Å²) >= 11 is 0. The van der Waals surface area contributed by atoms with E-state index in [1.165, 1.54) is 5.57 Å². The number of rotatable bonds is 4. The normalized spacial score (nSPS) is 32.8. The van der Waals surface area contributed by atoms with Gasteiger partial charge in [0.1, 0.15) is 5.72 Å². The van der Waals surface area contributed by atoms with Crippen molar-refractivity contribution in [2.45, 2.75) is 52.2 Å². The summed E-state index contributed by atoms with van der Waals surface area (Å²) < 4.78 is 0. The zero-order chi connectivity index (χ0) is 18.9. The molecule has 1 saturated carbocycles. The third-order valence-corrected chi connectivity index (χ3v) is 5.20. The molecule has 1 saturated heterocycles. The Kier molecular flexibility index (Phi) is 4.76. The number of fused-ring (bicyclic) bond motifs is 2. The molecule has 2 fully saturated rings. The van der Waals surface area contributed by atoms with Crippen LogP contribution in [-0.4, -0.2) is 16.7 Å². The van der Waals surface area contributed by atoms with Gasteiger partial charge in [0.15, 0.2) is 10.8 Å². The van der Waals surface area contributed by atoms with E-state index in [0.717, 1.165) is 18.4 Å². The predicted molar refractivity (Wildman–Crippen MR) is 89.9 cm³/mol. The molecule has 1 aliphatic heterocycles. The van der Waals surface area contributed by atoms with Crippen molar-refractivity contribution in [1.82, 2.24) is 5.32 Å². The van der Waals surface area contributed by atoms with Crippen LogP contribution in [0.1, 0.15) is 46.5 Å². The first-order valence-corrected chi connectivity index (χ1v) is 8.28. The van der Waals surface area contributed by atoms with Crippen LogP contribution in [0.3, 0.4) is 0 Å². The molecule has 2 bridgehead atoms. The first-order chi connectivity index (χ1) is 11.7. The molecule has 3 atom stereocenters. The van der Waals surface area contributed by atoms with Gasteiger partial charge in [-0.3, -0.25) is 4.79 Å². The highest BCUT2D eigenvalue weighted by atomic mass is 16.3. The van der Waals surface area contributed by atoms with Crippen LogP contribution in [0.5, 0.6) is 0 Å². The van der Waals surface area contributed by atoms with Crippen LogP contribution < -0.4 is 5.32 Å². The monoisotopic (exact) mass is 338 g/mol. The van der Waals surface area contributed by atoms with Crippen LogP contribution in [0.2, 0.25) is 0 Å². The van der Waals surface area contributed by atoms with Crippen LogP contribution in [0.25, 0.3) is 0 Å². The van der Waals surface area contributed by atoms with Crippen molar-refractivity contribution in [2.75, 3.05) is 0 Å². The minimum Gasteiger partial charge on any atom is -0.371 e. The molecule has 0 spiro atoms. The fourth-order valence-electron chi connectivity index (χ4n) is 3.92. The fourth-order valence-corrected chi connectivity index (χ4v) is 3.92. The molecule has 0 aromatic carbocycles. The number of carbonyl (C=O) groups excluding carboxylic acids is 1. The summed E-state index contributed by atoms with van der Waals surface area (Å²) in [7, 11) is 0. The number of nitriles is 3. The Labute approximate surface area is 148 Å². The lowest BCUT2D eigenvalue weighted by Gasteiger charge is -2.42. The summed E-state index contributed by atoms with van der Waals surface area (Å²) in [6, 6.07) is 5.79. The van der Waals surface area contributed by atoms with Gasteiger partial charge in [0, 0.05) is 18.8 Å². The fraction of sp³-hybridized carbons (Fsp3) is 0.579. The standard InChI is InChI=1S/C19H22N4O2/c1-13(2)5-4-6-14(3)7-15-8-19(25)9-17(10-20,16(24)23-19)18(15,11-21)12-22/h5,7,15,25H,4,6,8-9H2,1-3H3,(H,23,24)/b14-7+. The SMILES string of the molecule is CC(C)=CCC/C(C)=C/C1CC2(O)CC(C#N)(C(=O)N2)C1(C#N)C#N. The molecule has 1 amide bonds. The second-order valence-corrected chi connectivity index (χ2v) is 7.36. The van der Waals surface area contributed by atoms with E-state index >= 15 is 0 Å². The Morgan fingerprint density at radius 2 is 1.92 bits per heavy atom. The number of carbonyl (C=O) groups is 1. The minimum atomic E-state index is -1.86. The summed E-state index contributed by atoms with van der Waals surface area (Å²) in [6.07, 6.45) is 5.25. The van der Waals surface area contributed by atoms with Gasteiger partial charge in [0.05, 0.1) is 18.2 Å². The maximum absolute atomic E-state index is 12.4. The van der Waals surface area contributed by atoms with E-state index < -0.39 is 28.4 Å². The number of allylic oxidation sites excluding steroid dienone is 4. The van der Waals surface area contributed by atoms with Gasteiger partial charge in [-0.15, -0.1) is 0 Å². The Hall–Kier alpha value is -2.62. The molecule has 2 N–H and O–H groups in total. The zero-order valence-electron chi connectivity index (χ0n) is 14.8.